The van der Waals surface area contributed by atoms with Gasteiger partial charge in [0.15, 0.2) is 28.8 Å². The van der Waals surface area contributed by atoms with E-state index in [0.29, 0.717) is 72.2 Å². The molecule has 0 unspecified atom stereocenters. The number of ketones is 1. The van der Waals surface area contributed by atoms with Gasteiger partial charge < -0.3 is 51.9 Å². The van der Waals surface area contributed by atoms with Crippen molar-refractivity contribution in [2.24, 2.45) is 0 Å². The zero-order valence-electron chi connectivity index (χ0n) is 36.7. The predicted molar refractivity (Wildman–Crippen MR) is 267 cm³/mol. The molecule has 0 heterocycles. The van der Waals surface area contributed by atoms with Crippen LogP contribution < -0.4 is 46.8 Å². The van der Waals surface area contributed by atoms with Crippen LogP contribution in [0, 0.1) is 13.8 Å². The first kappa shape index (κ1) is 53.3. The minimum Gasteiger partial charge on any atom is -0.493 e. The molecule has 0 aliphatic carbocycles. The number of nitrogen functional groups attached to an aromatic ring is 3. The molecule has 0 fully saturated rings. The molecule has 0 bridgehead atoms. The molecule has 0 atom stereocenters. The molecule has 16 heteroatoms. The highest BCUT2D eigenvalue weighted by Gasteiger charge is 2.21. The molecule has 9 N–H and O–H groups in total. The van der Waals surface area contributed by atoms with Crippen LogP contribution in [0.1, 0.15) is 76.7 Å². The summed E-state index contributed by atoms with van der Waals surface area (Å²) in [6.45, 7) is 4.25. The number of nitrogens with one attached hydrogen (secondary N) is 2. The molecule has 0 saturated heterocycles. The molecule has 0 aliphatic rings. The van der Waals surface area contributed by atoms with Crippen molar-refractivity contribution in [1.82, 2.24) is 10.6 Å². The molecule has 14 nitrogen and oxygen atoms in total. The number of hydrogen-bond donors (Lipinski definition) is 6. The molecule has 2 amide bonds. The molecule has 0 radical (unpaired) electrons. The molecule has 0 aromatic heterocycles. The van der Waals surface area contributed by atoms with Gasteiger partial charge in [-0.15, -0.1) is 0 Å². The zero-order chi connectivity index (χ0) is 47.8. The lowest BCUT2D eigenvalue weighted by Crippen LogP contribution is -2.24. The topological polar surface area (TPSA) is 228 Å². The molecular weight excluding hydrogens is 974 g/mol. The SMILES string of the molecule is C.COc1cc(C(=O)NCc2ccc(C(=O)Cc3ccccc3N)cc2)c(C)c(Br)c1OC.COc1cc(C(=O)NCc2ccc(C(=O)O)cc2)c(C)c(Br)c1OC.Nc1ccccc1N. The number of carboxylic acid groups (broad SMARTS) is 1. The van der Waals surface area contributed by atoms with Gasteiger partial charge in [-0.1, -0.05) is 74.2 Å². The summed E-state index contributed by atoms with van der Waals surface area (Å²) in [4.78, 5) is 48.7. The number of nitrogens with two attached hydrogens (primary N) is 3. The maximum atomic E-state index is 12.8. The van der Waals surface area contributed by atoms with Crippen LogP contribution in [0.5, 0.6) is 23.0 Å². The van der Waals surface area contributed by atoms with Crippen LogP contribution in [0.25, 0.3) is 0 Å². The Bertz CT molecular complexity index is 2620. The second-order valence-corrected chi connectivity index (χ2v) is 15.8. The summed E-state index contributed by atoms with van der Waals surface area (Å²) in [5.74, 6) is 0.504. The van der Waals surface area contributed by atoms with E-state index in [9.17, 15) is 19.2 Å². The fourth-order valence-corrected chi connectivity index (χ4v) is 7.31. The van der Waals surface area contributed by atoms with Crippen molar-refractivity contribution in [3.8, 4) is 23.0 Å². The third-order valence-electron chi connectivity index (χ3n) is 9.99. The molecule has 348 valence electrons. The average molecular weight is 1030 g/mol. The van der Waals surface area contributed by atoms with Gasteiger partial charge in [0.2, 0.25) is 0 Å². The summed E-state index contributed by atoms with van der Waals surface area (Å²) in [5.41, 5.74) is 24.4. The fourth-order valence-electron chi connectivity index (χ4n) is 6.17. The van der Waals surface area contributed by atoms with Crippen molar-refractivity contribution in [3.05, 3.63) is 168 Å². The number of carbonyl (C=O) groups excluding carboxylic acids is 3. The maximum absolute atomic E-state index is 12.8. The lowest BCUT2D eigenvalue weighted by Gasteiger charge is -2.15. The number of carboxylic acids is 1. The van der Waals surface area contributed by atoms with E-state index >= 15 is 0 Å². The second-order valence-electron chi connectivity index (χ2n) is 14.2. The van der Waals surface area contributed by atoms with E-state index in [2.05, 4.69) is 42.5 Å². The highest BCUT2D eigenvalue weighted by Crippen LogP contribution is 2.40. The summed E-state index contributed by atoms with van der Waals surface area (Å²) in [6.07, 6.45) is 0.246. The smallest absolute Gasteiger partial charge is 0.335 e. The lowest BCUT2D eigenvalue weighted by atomic mass is 10.0. The number of hydrogen-bond acceptors (Lipinski definition) is 11. The van der Waals surface area contributed by atoms with Crippen LogP contribution in [0.3, 0.4) is 0 Å². The molecule has 6 aromatic carbocycles. The number of benzene rings is 6. The number of aromatic carboxylic acids is 1. The molecule has 0 aliphatic heterocycles. The first-order valence-corrected chi connectivity index (χ1v) is 21.4. The first-order valence-electron chi connectivity index (χ1n) is 19.8. The van der Waals surface area contributed by atoms with E-state index < -0.39 is 5.97 Å². The summed E-state index contributed by atoms with van der Waals surface area (Å²) in [7, 11) is 6.11. The van der Waals surface area contributed by atoms with Gasteiger partial charge >= 0.3 is 5.97 Å². The number of anilines is 3. The summed E-state index contributed by atoms with van der Waals surface area (Å²) >= 11 is 6.90. The summed E-state index contributed by atoms with van der Waals surface area (Å²) in [5, 5.41) is 14.6. The Hall–Kier alpha value is -7.04. The minimum atomic E-state index is -0.985. The summed E-state index contributed by atoms with van der Waals surface area (Å²) in [6, 6.07) is 31.4. The van der Waals surface area contributed by atoms with Gasteiger partial charge in [0.25, 0.3) is 11.8 Å². The standard InChI is InChI=1S/C25H25BrN2O4.C18H18BrNO5.C6H8N2.CH4/c1-15-19(13-22(31-2)24(32-3)23(15)26)25(30)28-14-16-8-10-17(11-9-16)21(29)12-18-6-4-5-7-20(18)27;1-10-13(8-14(24-2)16(25-3)15(10)19)17(21)20-9-11-4-6-12(7-5-11)18(22)23;7-5-3-1-2-4-6(5)8;/h4-11,13H,12,14,27H2,1-3H3,(H,28,30);4-8H,9H2,1-3H3,(H,20,21)(H,22,23);1-4H,7-8H2;1H4. The lowest BCUT2D eigenvalue weighted by molar-refractivity contribution is 0.0696. The van der Waals surface area contributed by atoms with Crippen LogP contribution in [0.15, 0.2) is 118 Å². The van der Waals surface area contributed by atoms with Gasteiger partial charge in [0.1, 0.15) is 0 Å². The molecular formula is C50H55Br2N5O9. The second kappa shape index (κ2) is 25.4. The summed E-state index contributed by atoms with van der Waals surface area (Å²) < 4.78 is 22.6. The van der Waals surface area contributed by atoms with E-state index in [1.165, 1.54) is 33.5 Å². The zero-order valence-corrected chi connectivity index (χ0v) is 39.9. The highest BCUT2D eigenvalue weighted by molar-refractivity contribution is 9.11. The van der Waals surface area contributed by atoms with Gasteiger partial charge in [-0.3, -0.25) is 14.4 Å². The monoisotopic (exact) mass is 1030 g/mol. The normalized spacial score (nSPS) is 10.1. The largest absolute Gasteiger partial charge is 0.493 e. The van der Waals surface area contributed by atoms with Gasteiger partial charge in [0.05, 0.1) is 54.3 Å². The first-order chi connectivity index (χ1) is 31.0. The molecule has 0 spiro atoms. The average Bonchev–Trinajstić information content (AvgIpc) is 3.31. The van der Waals surface area contributed by atoms with Crippen molar-refractivity contribution in [2.45, 2.75) is 40.8 Å². The number of para-hydroxylation sites is 3. The fraction of sp³-hybridized carbons (Fsp3) is 0.200. The quantitative estimate of drug-likeness (QED) is 0.0443. The Morgan fingerprint density at radius 1 is 0.561 bits per heavy atom. The number of ether oxygens (including phenoxy) is 4. The molecule has 6 rings (SSSR count). The van der Waals surface area contributed by atoms with Crippen molar-refractivity contribution >= 4 is 72.5 Å². The molecule has 66 heavy (non-hydrogen) atoms. The molecule has 0 saturated carbocycles. The van der Waals surface area contributed by atoms with Crippen molar-refractivity contribution in [3.63, 3.8) is 0 Å². The van der Waals surface area contributed by atoms with Gasteiger partial charge in [-0.05, 0) is 116 Å². The van der Waals surface area contributed by atoms with E-state index in [1.807, 2.05) is 56.3 Å². The highest BCUT2D eigenvalue weighted by atomic mass is 79.9. The van der Waals surface area contributed by atoms with Crippen molar-refractivity contribution < 1.29 is 43.2 Å². The number of halogens is 2. The van der Waals surface area contributed by atoms with Gasteiger partial charge in [-0.25, -0.2) is 4.79 Å². The Morgan fingerprint density at radius 3 is 1.29 bits per heavy atom. The van der Waals surface area contributed by atoms with Crippen LogP contribution in [0.4, 0.5) is 17.1 Å². The molecule has 6 aromatic rings. The third kappa shape index (κ3) is 14.0. The number of amides is 2. The number of methoxy groups -OCH3 is 4. The van der Waals surface area contributed by atoms with E-state index in [-0.39, 0.29) is 43.6 Å². The van der Waals surface area contributed by atoms with Crippen LogP contribution in [-0.2, 0) is 19.5 Å². The Balaban J connectivity index is 0.000000301. The van der Waals surface area contributed by atoms with E-state index in [4.69, 9.17) is 41.3 Å². The van der Waals surface area contributed by atoms with Crippen LogP contribution in [0.2, 0.25) is 0 Å². The van der Waals surface area contributed by atoms with Crippen molar-refractivity contribution in [2.75, 3.05) is 45.6 Å². The van der Waals surface area contributed by atoms with Gasteiger partial charge in [0, 0.05) is 41.9 Å². The number of rotatable bonds is 14. The van der Waals surface area contributed by atoms with E-state index in [1.54, 1.807) is 61.7 Å². The van der Waals surface area contributed by atoms with Crippen molar-refractivity contribution in [1.29, 1.82) is 0 Å². The Labute approximate surface area is 402 Å². The van der Waals surface area contributed by atoms with Crippen LogP contribution >= 0.6 is 31.9 Å². The Kier molecular flexibility index (Phi) is 20.6. The van der Waals surface area contributed by atoms with E-state index in [0.717, 1.165) is 27.8 Å². The Morgan fingerprint density at radius 2 is 0.939 bits per heavy atom. The van der Waals surface area contributed by atoms with Crippen LogP contribution in [-0.4, -0.2) is 57.1 Å². The minimum absolute atomic E-state index is 0. The predicted octanol–water partition coefficient (Wildman–Crippen LogP) is 9.60. The number of carbonyl (C=O) groups is 4. The number of Topliss-reactive ketones (excluding diaryl/α,β-unsaturated/α-hetero) is 1. The maximum Gasteiger partial charge on any atom is 0.335 e. The van der Waals surface area contributed by atoms with Gasteiger partial charge in [-0.2, -0.15) is 0 Å². The third-order valence-corrected chi connectivity index (χ3v) is 11.9.